The number of carbonyl (C=O) groups is 1. The number of benzene rings is 1. The van der Waals surface area contributed by atoms with Gasteiger partial charge in [0.1, 0.15) is 6.26 Å². The molecule has 6 heteroatoms. The van der Waals surface area contributed by atoms with Crippen molar-refractivity contribution in [3.8, 4) is 11.5 Å². The smallest absolute Gasteiger partial charge is 0.315 e. The number of rotatable bonds is 7. The van der Waals surface area contributed by atoms with E-state index in [4.69, 9.17) is 9.52 Å². The number of aliphatic hydroxyl groups is 1. The van der Waals surface area contributed by atoms with Gasteiger partial charge in [0.2, 0.25) is 5.89 Å². The third-order valence-electron chi connectivity index (χ3n) is 3.56. The van der Waals surface area contributed by atoms with Crippen molar-refractivity contribution in [1.29, 1.82) is 0 Å². The Balaban J connectivity index is 1.86. The van der Waals surface area contributed by atoms with E-state index in [1.807, 2.05) is 44.2 Å². The van der Waals surface area contributed by atoms with Crippen LogP contribution in [0.2, 0.25) is 0 Å². The molecule has 1 atom stereocenters. The van der Waals surface area contributed by atoms with Crippen LogP contribution in [0.3, 0.4) is 0 Å². The fourth-order valence-electron chi connectivity index (χ4n) is 2.20. The summed E-state index contributed by atoms with van der Waals surface area (Å²) in [4.78, 5) is 16.3. The molecule has 3 N–H and O–H groups in total. The van der Waals surface area contributed by atoms with Crippen LogP contribution in [-0.4, -0.2) is 28.8 Å². The van der Waals surface area contributed by atoms with Crippen LogP contribution in [0.4, 0.5) is 4.79 Å². The number of oxazole rings is 1. The molecule has 0 saturated carbocycles. The highest BCUT2D eigenvalue weighted by Crippen LogP contribution is 2.17. The predicted molar refractivity (Wildman–Crippen MR) is 87.6 cm³/mol. The average Bonchev–Trinajstić information content (AvgIpc) is 3.02. The van der Waals surface area contributed by atoms with Gasteiger partial charge < -0.3 is 20.2 Å². The molecule has 0 fully saturated rings. The minimum absolute atomic E-state index is 0.0485. The number of aliphatic hydroxyl groups excluding tert-OH is 1. The standard InChI is InChI=1S/C17H23N3O3/c1-12(2)15(8-9-21)20-17(22)18-10-14-11-23-16(19-14)13-6-4-3-5-7-13/h3-7,11-12,15,21H,8-10H2,1-2H3,(H2,18,20,22). The van der Waals surface area contributed by atoms with Crippen LogP contribution < -0.4 is 10.6 Å². The van der Waals surface area contributed by atoms with E-state index in [1.165, 1.54) is 6.26 Å². The van der Waals surface area contributed by atoms with Crippen molar-refractivity contribution in [3.05, 3.63) is 42.3 Å². The first-order valence-electron chi connectivity index (χ1n) is 7.75. The average molecular weight is 317 g/mol. The first kappa shape index (κ1) is 17.0. The number of carbonyl (C=O) groups excluding carboxylic acids is 1. The van der Waals surface area contributed by atoms with Crippen LogP contribution in [0.5, 0.6) is 0 Å². The van der Waals surface area contributed by atoms with Gasteiger partial charge in [-0.15, -0.1) is 0 Å². The zero-order valence-electron chi connectivity index (χ0n) is 13.5. The van der Waals surface area contributed by atoms with E-state index in [9.17, 15) is 4.79 Å². The second-order valence-electron chi connectivity index (χ2n) is 5.70. The van der Waals surface area contributed by atoms with Crippen LogP contribution in [0.1, 0.15) is 26.0 Å². The van der Waals surface area contributed by atoms with Crippen molar-refractivity contribution in [1.82, 2.24) is 15.6 Å². The number of aromatic nitrogens is 1. The molecule has 2 amide bonds. The maximum absolute atomic E-state index is 11.9. The van der Waals surface area contributed by atoms with Crippen molar-refractivity contribution in [2.75, 3.05) is 6.61 Å². The van der Waals surface area contributed by atoms with Gasteiger partial charge in [-0.3, -0.25) is 0 Å². The Kier molecular flexibility index (Phi) is 6.17. The van der Waals surface area contributed by atoms with Crippen molar-refractivity contribution >= 4 is 6.03 Å². The van der Waals surface area contributed by atoms with Gasteiger partial charge in [-0.2, -0.15) is 0 Å². The molecule has 1 aromatic carbocycles. The lowest BCUT2D eigenvalue weighted by molar-refractivity contribution is 0.218. The molecule has 1 heterocycles. The summed E-state index contributed by atoms with van der Waals surface area (Å²) in [5, 5.41) is 14.6. The molecule has 1 unspecified atom stereocenters. The molecule has 124 valence electrons. The lowest BCUT2D eigenvalue weighted by atomic mass is 10.0. The van der Waals surface area contributed by atoms with Gasteiger partial charge in [0, 0.05) is 18.2 Å². The summed E-state index contributed by atoms with van der Waals surface area (Å²) >= 11 is 0. The lowest BCUT2D eigenvalue weighted by Crippen LogP contribution is -2.44. The molecule has 0 aliphatic rings. The van der Waals surface area contributed by atoms with E-state index >= 15 is 0 Å². The number of urea groups is 1. The van der Waals surface area contributed by atoms with E-state index in [0.29, 0.717) is 18.0 Å². The number of nitrogens with one attached hydrogen (secondary N) is 2. The molecule has 0 saturated heterocycles. The monoisotopic (exact) mass is 317 g/mol. The molecule has 2 rings (SSSR count). The summed E-state index contributed by atoms with van der Waals surface area (Å²) in [6.45, 7) is 4.34. The van der Waals surface area contributed by atoms with Crippen LogP contribution in [-0.2, 0) is 6.54 Å². The van der Waals surface area contributed by atoms with E-state index < -0.39 is 0 Å². The fourth-order valence-corrected chi connectivity index (χ4v) is 2.20. The third-order valence-corrected chi connectivity index (χ3v) is 3.56. The third kappa shape index (κ3) is 5.10. The Morgan fingerprint density at radius 1 is 1.30 bits per heavy atom. The van der Waals surface area contributed by atoms with Crippen molar-refractivity contribution in [2.45, 2.75) is 32.9 Å². The Morgan fingerprint density at radius 3 is 2.70 bits per heavy atom. The van der Waals surface area contributed by atoms with Crippen LogP contribution in [0, 0.1) is 5.92 Å². The van der Waals surface area contributed by atoms with E-state index in [-0.39, 0.29) is 31.1 Å². The van der Waals surface area contributed by atoms with E-state index in [2.05, 4.69) is 15.6 Å². The maximum Gasteiger partial charge on any atom is 0.315 e. The van der Waals surface area contributed by atoms with Crippen LogP contribution in [0.25, 0.3) is 11.5 Å². The summed E-state index contributed by atoms with van der Waals surface area (Å²) in [6.07, 6.45) is 2.07. The molecular formula is C17H23N3O3. The van der Waals surface area contributed by atoms with Crippen molar-refractivity contribution in [3.63, 3.8) is 0 Å². The molecular weight excluding hydrogens is 294 g/mol. The summed E-state index contributed by atoms with van der Waals surface area (Å²) in [5.41, 5.74) is 1.55. The Hall–Kier alpha value is -2.34. The molecule has 6 nitrogen and oxygen atoms in total. The SMILES string of the molecule is CC(C)C(CCO)NC(=O)NCc1coc(-c2ccccc2)n1. The molecule has 0 spiro atoms. The van der Waals surface area contributed by atoms with Gasteiger partial charge in [-0.05, 0) is 24.5 Å². The predicted octanol–water partition coefficient (Wildman–Crippen LogP) is 2.55. The molecule has 0 radical (unpaired) electrons. The highest BCUT2D eigenvalue weighted by atomic mass is 16.3. The first-order valence-corrected chi connectivity index (χ1v) is 7.75. The summed E-state index contributed by atoms with van der Waals surface area (Å²) in [7, 11) is 0. The van der Waals surface area contributed by atoms with Gasteiger partial charge >= 0.3 is 6.03 Å². The highest BCUT2D eigenvalue weighted by molar-refractivity contribution is 5.74. The highest BCUT2D eigenvalue weighted by Gasteiger charge is 2.15. The van der Waals surface area contributed by atoms with E-state index in [1.54, 1.807) is 0 Å². The van der Waals surface area contributed by atoms with Gasteiger partial charge in [0.25, 0.3) is 0 Å². The molecule has 2 aromatic rings. The number of hydrogen-bond acceptors (Lipinski definition) is 4. The maximum atomic E-state index is 11.9. The fraction of sp³-hybridized carbons (Fsp3) is 0.412. The normalized spacial score (nSPS) is 12.2. The number of nitrogens with zero attached hydrogens (tertiary/aromatic N) is 1. The zero-order valence-corrected chi connectivity index (χ0v) is 13.5. The Labute approximate surface area is 135 Å². The number of amides is 2. The van der Waals surface area contributed by atoms with E-state index in [0.717, 1.165) is 5.56 Å². The van der Waals surface area contributed by atoms with Crippen molar-refractivity contribution < 1.29 is 14.3 Å². The summed E-state index contributed by atoms with van der Waals surface area (Å²) in [6, 6.07) is 9.25. The van der Waals surface area contributed by atoms with Gasteiger partial charge in [-0.1, -0.05) is 32.0 Å². The second kappa shape index (κ2) is 8.33. The van der Waals surface area contributed by atoms with Gasteiger partial charge in [0.05, 0.1) is 12.2 Å². The van der Waals surface area contributed by atoms with Gasteiger partial charge in [-0.25, -0.2) is 9.78 Å². The second-order valence-corrected chi connectivity index (χ2v) is 5.70. The zero-order chi connectivity index (χ0) is 16.7. The van der Waals surface area contributed by atoms with Crippen LogP contribution >= 0.6 is 0 Å². The number of hydrogen-bond donors (Lipinski definition) is 3. The van der Waals surface area contributed by atoms with Crippen molar-refractivity contribution in [2.24, 2.45) is 5.92 Å². The largest absolute Gasteiger partial charge is 0.444 e. The molecule has 23 heavy (non-hydrogen) atoms. The Bertz CT molecular complexity index is 611. The molecule has 0 aliphatic heterocycles. The summed E-state index contributed by atoms with van der Waals surface area (Å²) < 4.78 is 5.43. The summed E-state index contributed by atoms with van der Waals surface area (Å²) in [5.74, 6) is 0.785. The minimum atomic E-state index is -0.276. The minimum Gasteiger partial charge on any atom is -0.444 e. The molecule has 1 aromatic heterocycles. The first-order chi connectivity index (χ1) is 11.1. The topological polar surface area (TPSA) is 87.4 Å². The van der Waals surface area contributed by atoms with Gasteiger partial charge in [0.15, 0.2) is 0 Å². The lowest BCUT2D eigenvalue weighted by Gasteiger charge is -2.21. The quantitative estimate of drug-likeness (QED) is 0.732. The van der Waals surface area contributed by atoms with Crippen LogP contribution in [0.15, 0.2) is 41.0 Å². The molecule has 0 aliphatic carbocycles. The molecule has 0 bridgehead atoms. The Morgan fingerprint density at radius 2 is 2.04 bits per heavy atom.